The first-order chi connectivity index (χ1) is 14.5. The first kappa shape index (κ1) is 22.0. The Labute approximate surface area is 179 Å². The van der Waals surface area contributed by atoms with Crippen molar-refractivity contribution in [2.45, 2.75) is 58.7 Å². The fraction of sp³-hybridized carbons (Fsp3) is 0.440. The molecule has 30 heavy (non-hydrogen) atoms. The van der Waals surface area contributed by atoms with Crippen LogP contribution in [0.4, 0.5) is 5.69 Å². The van der Waals surface area contributed by atoms with E-state index in [4.69, 9.17) is 4.74 Å². The van der Waals surface area contributed by atoms with Crippen LogP contribution >= 0.6 is 0 Å². The van der Waals surface area contributed by atoms with Crippen LogP contribution in [0.1, 0.15) is 55.1 Å². The number of aryl methyl sites for hydroxylation is 1. The van der Waals surface area contributed by atoms with Gasteiger partial charge in [0.1, 0.15) is 0 Å². The van der Waals surface area contributed by atoms with E-state index in [1.807, 2.05) is 38.1 Å². The maximum absolute atomic E-state index is 13.1. The SMILES string of the molecule is CCCCc1ccc(CC(=O)Nc2ccccc2C(=O)N2C[C@@H](C)O[C@H](C)C2)cc1. The van der Waals surface area contributed by atoms with Crippen molar-refractivity contribution in [1.82, 2.24) is 4.90 Å². The molecule has 2 atom stereocenters. The van der Waals surface area contributed by atoms with Gasteiger partial charge in [-0.25, -0.2) is 0 Å². The summed E-state index contributed by atoms with van der Waals surface area (Å²) in [6.07, 6.45) is 3.69. The first-order valence-electron chi connectivity index (χ1n) is 10.9. The highest BCUT2D eigenvalue weighted by atomic mass is 16.5. The topological polar surface area (TPSA) is 58.6 Å². The number of ether oxygens (including phenoxy) is 1. The molecule has 3 rings (SSSR count). The molecule has 0 saturated carbocycles. The van der Waals surface area contributed by atoms with Crippen molar-refractivity contribution in [2.75, 3.05) is 18.4 Å². The van der Waals surface area contributed by atoms with Gasteiger partial charge in [0.05, 0.1) is 29.9 Å². The highest BCUT2D eigenvalue weighted by molar-refractivity contribution is 6.04. The van der Waals surface area contributed by atoms with Crippen molar-refractivity contribution in [2.24, 2.45) is 0 Å². The van der Waals surface area contributed by atoms with Crippen LogP contribution in [0.5, 0.6) is 0 Å². The molecule has 0 aromatic heterocycles. The van der Waals surface area contributed by atoms with E-state index in [1.165, 1.54) is 18.4 Å². The molecule has 0 radical (unpaired) electrons. The quantitative estimate of drug-likeness (QED) is 0.736. The van der Waals surface area contributed by atoms with Crippen LogP contribution in [0.15, 0.2) is 48.5 Å². The van der Waals surface area contributed by atoms with E-state index in [9.17, 15) is 9.59 Å². The van der Waals surface area contributed by atoms with Crippen LogP contribution in [0.2, 0.25) is 0 Å². The van der Waals surface area contributed by atoms with Crippen LogP contribution in [-0.2, 0) is 22.4 Å². The number of anilines is 1. The van der Waals surface area contributed by atoms with E-state index in [1.54, 1.807) is 17.0 Å². The minimum atomic E-state index is -0.125. The summed E-state index contributed by atoms with van der Waals surface area (Å²) in [5, 5.41) is 2.93. The highest BCUT2D eigenvalue weighted by Gasteiger charge is 2.28. The minimum Gasteiger partial charge on any atom is -0.372 e. The lowest BCUT2D eigenvalue weighted by molar-refractivity contribution is -0.115. The maximum Gasteiger partial charge on any atom is 0.256 e. The molecule has 0 bridgehead atoms. The number of hydrogen-bond donors (Lipinski definition) is 1. The summed E-state index contributed by atoms with van der Waals surface area (Å²) in [5.41, 5.74) is 3.33. The predicted octanol–water partition coefficient (Wildman–Crippen LogP) is 4.46. The van der Waals surface area contributed by atoms with Crippen LogP contribution in [0, 0.1) is 0 Å². The van der Waals surface area contributed by atoms with Gasteiger partial charge in [-0.1, -0.05) is 49.7 Å². The number of hydrogen-bond acceptors (Lipinski definition) is 3. The molecule has 0 unspecified atom stereocenters. The molecule has 1 N–H and O–H groups in total. The van der Waals surface area contributed by atoms with Gasteiger partial charge >= 0.3 is 0 Å². The largest absolute Gasteiger partial charge is 0.372 e. The van der Waals surface area contributed by atoms with E-state index in [-0.39, 0.29) is 30.4 Å². The number of carbonyl (C=O) groups excluding carboxylic acids is 2. The van der Waals surface area contributed by atoms with Gasteiger partial charge in [0.15, 0.2) is 0 Å². The van der Waals surface area contributed by atoms with Gasteiger partial charge in [-0.15, -0.1) is 0 Å². The molecule has 5 nitrogen and oxygen atoms in total. The third-order valence-corrected chi connectivity index (χ3v) is 5.35. The van der Waals surface area contributed by atoms with Gasteiger partial charge in [-0.3, -0.25) is 9.59 Å². The zero-order chi connectivity index (χ0) is 21.5. The number of rotatable bonds is 7. The Morgan fingerprint density at radius 1 is 1.00 bits per heavy atom. The Kier molecular flexibility index (Phi) is 7.63. The summed E-state index contributed by atoms with van der Waals surface area (Å²) in [4.78, 5) is 27.5. The zero-order valence-corrected chi connectivity index (χ0v) is 18.2. The van der Waals surface area contributed by atoms with Gasteiger partial charge in [-0.05, 0) is 49.9 Å². The summed E-state index contributed by atoms with van der Waals surface area (Å²) in [6, 6.07) is 15.4. The summed E-state index contributed by atoms with van der Waals surface area (Å²) in [7, 11) is 0. The number of carbonyl (C=O) groups is 2. The van der Waals surface area contributed by atoms with Gasteiger partial charge in [0.25, 0.3) is 5.91 Å². The Hall–Kier alpha value is -2.66. The van der Waals surface area contributed by atoms with Crippen molar-refractivity contribution in [3.05, 3.63) is 65.2 Å². The standard InChI is InChI=1S/C25H32N2O3/c1-4-5-8-20-11-13-21(14-12-20)15-24(28)26-23-10-7-6-9-22(23)25(29)27-16-18(2)30-19(3)17-27/h6-7,9-14,18-19H,4-5,8,15-17H2,1-3H3,(H,26,28)/t18-,19-/m1/s1. The molecule has 1 aliphatic rings. The van der Waals surface area contributed by atoms with Gasteiger partial charge in [0.2, 0.25) is 5.91 Å². The summed E-state index contributed by atoms with van der Waals surface area (Å²) in [6.45, 7) is 7.22. The summed E-state index contributed by atoms with van der Waals surface area (Å²) < 4.78 is 5.73. The summed E-state index contributed by atoms with van der Waals surface area (Å²) >= 11 is 0. The van der Waals surface area contributed by atoms with E-state index < -0.39 is 0 Å². The molecule has 2 aromatic carbocycles. The normalized spacial score (nSPS) is 18.8. The van der Waals surface area contributed by atoms with E-state index in [0.717, 1.165) is 12.0 Å². The lowest BCUT2D eigenvalue weighted by atomic mass is 10.0. The third kappa shape index (κ3) is 5.92. The Morgan fingerprint density at radius 2 is 1.63 bits per heavy atom. The highest BCUT2D eigenvalue weighted by Crippen LogP contribution is 2.21. The number of amides is 2. The number of nitrogens with one attached hydrogen (secondary N) is 1. The Bertz CT molecular complexity index is 853. The van der Waals surface area contributed by atoms with Gasteiger partial charge in [-0.2, -0.15) is 0 Å². The molecule has 1 saturated heterocycles. The van der Waals surface area contributed by atoms with Crippen LogP contribution < -0.4 is 5.32 Å². The van der Waals surface area contributed by atoms with Crippen LogP contribution in [0.3, 0.4) is 0 Å². The molecule has 5 heteroatoms. The first-order valence-corrected chi connectivity index (χ1v) is 10.9. The molecule has 1 fully saturated rings. The number of morpholine rings is 1. The van der Waals surface area contributed by atoms with E-state index >= 15 is 0 Å². The minimum absolute atomic E-state index is 0.000230. The van der Waals surface area contributed by atoms with Crippen molar-refractivity contribution in [1.29, 1.82) is 0 Å². The molecule has 0 aliphatic carbocycles. The lowest BCUT2D eigenvalue weighted by Gasteiger charge is -2.35. The van der Waals surface area contributed by atoms with Crippen LogP contribution in [0.25, 0.3) is 0 Å². The number of benzene rings is 2. The second kappa shape index (κ2) is 10.4. The molecule has 2 amide bonds. The van der Waals surface area contributed by atoms with Crippen molar-refractivity contribution in [3.63, 3.8) is 0 Å². The zero-order valence-electron chi connectivity index (χ0n) is 18.2. The average Bonchev–Trinajstić information content (AvgIpc) is 2.72. The molecule has 2 aromatic rings. The maximum atomic E-state index is 13.1. The average molecular weight is 409 g/mol. The van der Waals surface area contributed by atoms with Crippen LogP contribution in [-0.4, -0.2) is 42.0 Å². The number of para-hydroxylation sites is 1. The Balaban J connectivity index is 1.65. The fourth-order valence-electron chi connectivity index (χ4n) is 3.88. The molecule has 0 spiro atoms. The van der Waals surface area contributed by atoms with Crippen molar-refractivity contribution in [3.8, 4) is 0 Å². The van der Waals surface area contributed by atoms with E-state index in [0.29, 0.717) is 24.3 Å². The molecule has 1 heterocycles. The molecular weight excluding hydrogens is 376 g/mol. The number of nitrogens with zero attached hydrogens (tertiary/aromatic N) is 1. The summed E-state index contributed by atoms with van der Waals surface area (Å²) in [5.74, 6) is -0.201. The fourth-order valence-corrected chi connectivity index (χ4v) is 3.88. The third-order valence-electron chi connectivity index (χ3n) is 5.35. The van der Waals surface area contributed by atoms with Crippen molar-refractivity contribution < 1.29 is 14.3 Å². The van der Waals surface area contributed by atoms with Gasteiger partial charge < -0.3 is 15.0 Å². The second-order valence-corrected chi connectivity index (χ2v) is 8.16. The Morgan fingerprint density at radius 3 is 2.30 bits per heavy atom. The number of unbranched alkanes of at least 4 members (excludes halogenated alkanes) is 1. The predicted molar refractivity (Wildman–Crippen MR) is 120 cm³/mol. The van der Waals surface area contributed by atoms with E-state index in [2.05, 4.69) is 24.4 Å². The lowest BCUT2D eigenvalue weighted by Crippen LogP contribution is -2.48. The molecular formula is C25H32N2O3. The monoisotopic (exact) mass is 408 g/mol. The second-order valence-electron chi connectivity index (χ2n) is 8.16. The smallest absolute Gasteiger partial charge is 0.256 e. The molecule has 1 aliphatic heterocycles. The molecule has 160 valence electrons. The van der Waals surface area contributed by atoms with Crippen molar-refractivity contribution >= 4 is 17.5 Å². The van der Waals surface area contributed by atoms with Gasteiger partial charge in [0, 0.05) is 13.1 Å².